The van der Waals surface area contributed by atoms with Crippen LogP contribution in [0.1, 0.15) is 16.8 Å². The van der Waals surface area contributed by atoms with Crippen molar-refractivity contribution in [1.82, 2.24) is 25.0 Å². The molecule has 23 heavy (non-hydrogen) atoms. The third kappa shape index (κ3) is 4.51. The lowest BCUT2D eigenvalue weighted by Crippen LogP contribution is -2.36. The molecule has 0 aliphatic heterocycles. The summed E-state index contributed by atoms with van der Waals surface area (Å²) in [6.07, 6.45) is 0.737. The molecule has 0 atom stereocenters. The first-order valence-corrected chi connectivity index (χ1v) is 6.94. The van der Waals surface area contributed by atoms with Gasteiger partial charge in [-0.25, -0.2) is 0 Å². The lowest BCUT2D eigenvalue weighted by atomic mass is 10.2. The predicted molar refractivity (Wildman–Crippen MR) is 80.7 cm³/mol. The van der Waals surface area contributed by atoms with E-state index in [1.165, 1.54) is 13.2 Å². The summed E-state index contributed by atoms with van der Waals surface area (Å²) in [7, 11) is 4.94. The summed E-state index contributed by atoms with van der Waals surface area (Å²) in [6.45, 7) is 0.511. The van der Waals surface area contributed by atoms with Crippen LogP contribution in [0.15, 0.2) is 29.6 Å². The van der Waals surface area contributed by atoms with Crippen molar-refractivity contribution in [3.05, 3.63) is 41.5 Å². The Labute approximate surface area is 132 Å². The Bertz CT molecular complexity index is 683. The fraction of sp³-hybridized carbons (Fsp3) is 0.429. The topological polar surface area (TPSA) is 59.2 Å². The van der Waals surface area contributed by atoms with Gasteiger partial charge in [0.05, 0.1) is 0 Å². The van der Waals surface area contributed by atoms with Gasteiger partial charge < -0.3 is 15.2 Å². The van der Waals surface area contributed by atoms with Gasteiger partial charge in [-0.3, -0.25) is 9.67 Å². The Morgan fingerprint density at radius 3 is 2.48 bits per heavy atom. The maximum absolute atomic E-state index is 12.9. The molecule has 0 aromatic carbocycles. The van der Waals surface area contributed by atoms with Crippen molar-refractivity contribution >= 4 is 5.96 Å². The molecule has 9 heteroatoms. The van der Waals surface area contributed by atoms with E-state index >= 15 is 0 Å². The van der Waals surface area contributed by atoms with Crippen LogP contribution in [0, 0.1) is 0 Å². The van der Waals surface area contributed by atoms with Gasteiger partial charge in [-0.05, 0) is 11.6 Å². The number of halogens is 3. The molecule has 126 valence electrons. The van der Waals surface area contributed by atoms with Crippen molar-refractivity contribution < 1.29 is 13.2 Å². The van der Waals surface area contributed by atoms with Crippen LogP contribution in [0.4, 0.5) is 13.2 Å². The van der Waals surface area contributed by atoms with Crippen LogP contribution in [0.2, 0.25) is 0 Å². The molecule has 2 aromatic rings. The average Bonchev–Trinajstić information content (AvgIpc) is 3.04. The van der Waals surface area contributed by atoms with E-state index in [9.17, 15) is 13.2 Å². The second-order valence-electron chi connectivity index (χ2n) is 5.14. The monoisotopic (exact) mass is 328 g/mol. The van der Waals surface area contributed by atoms with E-state index < -0.39 is 11.9 Å². The molecule has 0 aliphatic rings. The highest BCUT2D eigenvalue weighted by Gasteiger charge is 2.36. The first kappa shape index (κ1) is 16.9. The minimum atomic E-state index is -4.47. The highest BCUT2D eigenvalue weighted by atomic mass is 19.4. The van der Waals surface area contributed by atoms with Gasteiger partial charge in [-0.1, -0.05) is 0 Å². The molecule has 0 saturated carbocycles. The Morgan fingerprint density at radius 2 is 1.91 bits per heavy atom. The number of hydrogen-bond donors (Lipinski definition) is 2. The van der Waals surface area contributed by atoms with E-state index in [1.54, 1.807) is 7.05 Å². The van der Waals surface area contributed by atoms with Gasteiger partial charge in [-0.15, -0.1) is 0 Å². The quantitative estimate of drug-likeness (QED) is 0.663. The number of rotatable bonds is 4. The summed E-state index contributed by atoms with van der Waals surface area (Å²) in [5.74, 6) is 0.422. The van der Waals surface area contributed by atoms with Crippen LogP contribution in [0.25, 0.3) is 0 Å². The Morgan fingerprint density at radius 1 is 1.22 bits per heavy atom. The summed E-state index contributed by atoms with van der Waals surface area (Å²) >= 11 is 0. The van der Waals surface area contributed by atoms with Crippen LogP contribution < -0.4 is 10.6 Å². The van der Waals surface area contributed by atoms with Crippen molar-refractivity contribution in [1.29, 1.82) is 0 Å². The summed E-state index contributed by atoms with van der Waals surface area (Å²) in [5, 5.41) is 9.39. The van der Waals surface area contributed by atoms with Crippen molar-refractivity contribution in [2.45, 2.75) is 19.3 Å². The minimum Gasteiger partial charge on any atom is -0.357 e. The second-order valence-corrected chi connectivity index (χ2v) is 5.14. The van der Waals surface area contributed by atoms with Crippen LogP contribution in [0.5, 0.6) is 0 Å². The summed E-state index contributed by atoms with van der Waals surface area (Å²) in [5.41, 5.74) is 0.237. The lowest BCUT2D eigenvalue weighted by Gasteiger charge is -2.12. The van der Waals surface area contributed by atoms with Gasteiger partial charge in [0.2, 0.25) is 0 Å². The normalized spacial score (nSPS) is 12.5. The summed E-state index contributed by atoms with van der Waals surface area (Å²) in [6, 6.07) is 1.95. The van der Waals surface area contributed by atoms with Crippen LogP contribution in [-0.2, 0) is 33.4 Å². The zero-order valence-corrected chi connectivity index (χ0v) is 13.1. The summed E-state index contributed by atoms with van der Waals surface area (Å²) < 4.78 is 41.7. The van der Waals surface area contributed by atoms with Crippen molar-refractivity contribution in [3.63, 3.8) is 0 Å². The number of aromatic nitrogens is 3. The predicted octanol–water partition coefficient (Wildman–Crippen LogP) is 1.64. The maximum atomic E-state index is 12.9. The van der Waals surface area contributed by atoms with E-state index in [2.05, 4.69) is 20.7 Å². The first-order chi connectivity index (χ1) is 10.8. The second kappa shape index (κ2) is 6.76. The van der Waals surface area contributed by atoms with Gasteiger partial charge in [0, 0.05) is 58.4 Å². The molecule has 0 spiro atoms. The number of hydrogen-bond acceptors (Lipinski definition) is 2. The molecule has 0 aliphatic carbocycles. The average molecular weight is 328 g/mol. The molecule has 0 unspecified atom stereocenters. The maximum Gasteiger partial charge on any atom is 0.435 e. The van der Waals surface area contributed by atoms with E-state index in [0.717, 1.165) is 10.2 Å². The smallest absolute Gasteiger partial charge is 0.357 e. The van der Waals surface area contributed by atoms with Crippen LogP contribution >= 0.6 is 0 Å². The standard InChI is InChI=1S/C14H19F3N6/c1-18-13(19-6-10-4-5-22(2)8-10)20-7-11-9-23(3)21-12(11)14(15,16)17/h4-5,8-9H,6-7H2,1-3H3,(H2,18,19,20). The third-order valence-electron chi connectivity index (χ3n) is 3.20. The van der Waals surface area contributed by atoms with E-state index in [4.69, 9.17) is 0 Å². The van der Waals surface area contributed by atoms with Crippen molar-refractivity contribution in [2.24, 2.45) is 19.1 Å². The van der Waals surface area contributed by atoms with Gasteiger partial charge in [0.1, 0.15) is 0 Å². The first-order valence-electron chi connectivity index (χ1n) is 6.94. The molecule has 2 N–H and O–H groups in total. The SMILES string of the molecule is CN=C(NCc1ccn(C)c1)NCc1cn(C)nc1C(F)(F)F. The molecule has 2 heterocycles. The summed E-state index contributed by atoms with van der Waals surface area (Å²) in [4.78, 5) is 4.00. The zero-order chi connectivity index (χ0) is 17.0. The number of alkyl halides is 3. The molecule has 0 amide bonds. The molecule has 2 aromatic heterocycles. The molecule has 0 fully saturated rings. The molecule has 6 nitrogen and oxygen atoms in total. The largest absolute Gasteiger partial charge is 0.435 e. The highest BCUT2D eigenvalue weighted by Crippen LogP contribution is 2.30. The Hall–Kier alpha value is -2.45. The molecule has 0 saturated heterocycles. The molecular weight excluding hydrogens is 309 g/mol. The zero-order valence-electron chi connectivity index (χ0n) is 13.1. The van der Waals surface area contributed by atoms with Gasteiger partial charge in [-0.2, -0.15) is 18.3 Å². The van der Waals surface area contributed by atoms with E-state index in [0.29, 0.717) is 12.5 Å². The fourth-order valence-electron chi connectivity index (χ4n) is 2.16. The molecule has 0 radical (unpaired) electrons. The van der Waals surface area contributed by atoms with Gasteiger partial charge in [0.15, 0.2) is 11.7 Å². The Balaban J connectivity index is 1.96. The van der Waals surface area contributed by atoms with Crippen LogP contribution in [-0.4, -0.2) is 27.4 Å². The van der Waals surface area contributed by atoms with Gasteiger partial charge in [0.25, 0.3) is 0 Å². The number of aryl methyl sites for hydroxylation is 2. The number of nitrogens with zero attached hydrogens (tertiary/aromatic N) is 4. The third-order valence-corrected chi connectivity index (χ3v) is 3.20. The minimum absolute atomic E-state index is 0.0167. The number of aliphatic imine (C=N–C) groups is 1. The molecular formula is C14H19F3N6. The Kier molecular flexibility index (Phi) is 4.97. The molecule has 2 rings (SSSR count). The van der Waals surface area contributed by atoms with Crippen LogP contribution in [0.3, 0.4) is 0 Å². The molecule has 0 bridgehead atoms. The fourth-order valence-corrected chi connectivity index (χ4v) is 2.16. The lowest BCUT2D eigenvalue weighted by molar-refractivity contribution is -0.142. The number of guanidine groups is 1. The van der Waals surface area contributed by atoms with Gasteiger partial charge >= 0.3 is 6.18 Å². The van der Waals surface area contributed by atoms with Crippen molar-refractivity contribution in [2.75, 3.05) is 7.05 Å². The van der Waals surface area contributed by atoms with E-state index in [-0.39, 0.29) is 12.1 Å². The number of nitrogens with one attached hydrogen (secondary N) is 2. The van der Waals surface area contributed by atoms with Crippen molar-refractivity contribution in [3.8, 4) is 0 Å². The highest BCUT2D eigenvalue weighted by molar-refractivity contribution is 5.79. The van der Waals surface area contributed by atoms with E-state index in [1.807, 2.05) is 30.1 Å².